The average Bonchev–Trinajstić information content (AvgIpc) is 2.89. The van der Waals surface area contributed by atoms with Crippen LogP contribution in [0.4, 0.5) is 11.4 Å². The predicted molar refractivity (Wildman–Crippen MR) is 134 cm³/mol. The number of carboxylic acid groups (broad SMARTS) is 1. The highest BCUT2D eigenvalue weighted by molar-refractivity contribution is 6.06. The first-order valence-electron chi connectivity index (χ1n) is 11.0. The summed E-state index contributed by atoms with van der Waals surface area (Å²) in [6.45, 7) is 2.28. The smallest absolute Gasteiger partial charge is 0.335 e. The second kappa shape index (κ2) is 10.6. The molecule has 1 amide bonds. The molecule has 0 bridgehead atoms. The van der Waals surface area contributed by atoms with Crippen LogP contribution in [0.15, 0.2) is 76.1 Å². The van der Waals surface area contributed by atoms with Crippen molar-refractivity contribution in [3.63, 3.8) is 0 Å². The molecular formula is C27H24N2O7. The zero-order valence-corrected chi connectivity index (χ0v) is 19.9. The number of aromatic carboxylic acids is 1. The summed E-state index contributed by atoms with van der Waals surface area (Å²) in [5.41, 5.74) is 1.54. The Labute approximate surface area is 206 Å². The highest BCUT2D eigenvalue weighted by Gasteiger charge is 2.17. The minimum Gasteiger partial charge on any atom is -0.497 e. The summed E-state index contributed by atoms with van der Waals surface area (Å²) in [7, 11) is 3.03. The van der Waals surface area contributed by atoms with Crippen molar-refractivity contribution in [2.45, 2.75) is 6.92 Å². The van der Waals surface area contributed by atoms with Gasteiger partial charge in [0.25, 0.3) is 5.91 Å². The number of carbonyl (C=O) groups is 2. The maximum atomic E-state index is 13.5. The molecule has 0 aliphatic rings. The Hall–Kier alpha value is -4.79. The molecule has 184 valence electrons. The Morgan fingerprint density at radius 1 is 0.972 bits per heavy atom. The van der Waals surface area contributed by atoms with Gasteiger partial charge in [0, 0.05) is 11.5 Å². The highest BCUT2D eigenvalue weighted by Crippen LogP contribution is 2.30. The lowest BCUT2D eigenvalue weighted by Gasteiger charge is -2.13. The van der Waals surface area contributed by atoms with Crippen molar-refractivity contribution in [2.24, 2.45) is 4.99 Å². The van der Waals surface area contributed by atoms with E-state index < -0.39 is 11.9 Å². The Balaban J connectivity index is 1.86. The molecule has 0 unspecified atom stereocenters. The lowest BCUT2D eigenvalue weighted by Crippen LogP contribution is -2.22. The van der Waals surface area contributed by atoms with Crippen molar-refractivity contribution >= 4 is 34.2 Å². The molecule has 9 nitrogen and oxygen atoms in total. The van der Waals surface area contributed by atoms with Crippen molar-refractivity contribution in [3.8, 4) is 17.2 Å². The van der Waals surface area contributed by atoms with E-state index in [1.54, 1.807) is 42.5 Å². The van der Waals surface area contributed by atoms with Gasteiger partial charge in [-0.1, -0.05) is 12.1 Å². The molecule has 0 fully saturated rings. The number of nitrogens with one attached hydrogen (secondary N) is 1. The van der Waals surface area contributed by atoms with Crippen LogP contribution in [0.5, 0.6) is 17.2 Å². The number of hydrogen-bond donors (Lipinski definition) is 2. The summed E-state index contributed by atoms with van der Waals surface area (Å²) in [5, 5.41) is 12.6. The van der Waals surface area contributed by atoms with Gasteiger partial charge in [0.2, 0.25) is 5.55 Å². The Morgan fingerprint density at radius 3 is 2.42 bits per heavy atom. The topological polar surface area (TPSA) is 120 Å². The zero-order valence-electron chi connectivity index (χ0n) is 19.9. The van der Waals surface area contributed by atoms with Crippen LogP contribution in [0, 0.1) is 0 Å². The monoisotopic (exact) mass is 488 g/mol. The number of rotatable bonds is 8. The fourth-order valence-corrected chi connectivity index (χ4v) is 3.54. The Kier molecular flexibility index (Phi) is 7.20. The van der Waals surface area contributed by atoms with E-state index in [9.17, 15) is 9.59 Å². The fourth-order valence-electron chi connectivity index (χ4n) is 3.54. The lowest BCUT2D eigenvalue weighted by atomic mass is 10.1. The van der Waals surface area contributed by atoms with Crippen molar-refractivity contribution in [3.05, 3.63) is 83.4 Å². The molecule has 0 saturated carbocycles. The zero-order chi connectivity index (χ0) is 25.7. The number of anilines is 1. The number of ether oxygens (including phenoxy) is 3. The third-order valence-electron chi connectivity index (χ3n) is 5.28. The van der Waals surface area contributed by atoms with Gasteiger partial charge in [-0.2, -0.15) is 0 Å². The fraction of sp³-hybridized carbons (Fsp3) is 0.148. The van der Waals surface area contributed by atoms with E-state index in [2.05, 4.69) is 10.3 Å². The van der Waals surface area contributed by atoms with Crippen LogP contribution < -0.4 is 25.1 Å². The van der Waals surface area contributed by atoms with Gasteiger partial charge in [0.1, 0.15) is 17.1 Å². The van der Waals surface area contributed by atoms with Crippen molar-refractivity contribution in [2.75, 3.05) is 26.1 Å². The number of carboxylic acids is 1. The van der Waals surface area contributed by atoms with Crippen LogP contribution in [0.2, 0.25) is 0 Å². The molecule has 0 saturated heterocycles. The van der Waals surface area contributed by atoms with Gasteiger partial charge in [-0.3, -0.25) is 4.79 Å². The van der Waals surface area contributed by atoms with Crippen LogP contribution in [0.3, 0.4) is 0 Å². The minimum absolute atomic E-state index is 0.0251. The number of fused-ring (bicyclic) bond motifs is 1. The number of hydrogen-bond acceptors (Lipinski definition) is 7. The first kappa shape index (κ1) is 24.3. The van der Waals surface area contributed by atoms with E-state index in [1.165, 1.54) is 38.5 Å². The van der Waals surface area contributed by atoms with Crippen LogP contribution in [-0.2, 0) is 0 Å². The molecule has 4 rings (SSSR count). The Bertz CT molecular complexity index is 1490. The highest BCUT2D eigenvalue weighted by atomic mass is 16.5. The average molecular weight is 488 g/mol. The summed E-state index contributed by atoms with van der Waals surface area (Å²) in [5.74, 6) is -0.0445. The normalized spacial score (nSPS) is 11.2. The first-order chi connectivity index (χ1) is 17.4. The summed E-state index contributed by atoms with van der Waals surface area (Å²) in [4.78, 5) is 29.2. The number of methoxy groups -OCH3 is 2. The van der Waals surface area contributed by atoms with Gasteiger partial charge in [0.15, 0.2) is 11.3 Å². The van der Waals surface area contributed by atoms with Gasteiger partial charge in [-0.15, -0.1) is 0 Å². The van der Waals surface area contributed by atoms with Crippen molar-refractivity contribution in [1.29, 1.82) is 0 Å². The third kappa shape index (κ3) is 5.15. The lowest BCUT2D eigenvalue weighted by molar-refractivity contribution is 0.0696. The molecule has 36 heavy (non-hydrogen) atoms. The summed E-state index contributed by atoms with van der Waals surface area (Å²) in [6, 6.07) is 18.0. The number of carbonyl (C=O) groups excluding carboxylic acids is 1. The van der Waals surface area contributed by atoms with E-state index in [4.69, 9.17) is 23.7 Å². The van der Waals surface area contributed by atoms with Gasteiger partial charge < -0.3 is 29.1 Å². The first-order valence-corrected chi connectivity index (χ1v) is 11.0. The van der Waals surface area contributed by atoms with E-state index in [0.29, 0.717) is 46.2 Å². The molecule has 2 N–H and O–H groups in total. The largest absolute Gasteiger partial charge is 0.497 e. The molecule has 1 aromatic heterocycles. The second-order valence-electron chi connectivity index (χ2n) is 7.56. The molecule has 9 heteroatoms. The number of para-hydroxylation sites is 1. The van der Waals surface area contributed by atoms with Gasteiger partial charge in [-0.05, 0) is 55.5 Å². The van der Waals surface area contributed by atoms with Crippen LogP contribution >= 0.6 is 0 Å². The molecule has 0 aliphatic heterocycles. The molecule has 0 aliphatic carbocycles. The number of nitrogens with zero attached hydrogens (tertiary/aromatic N) is 1. The minimum atomic E-state index is -1.05. The third-order valence-corrected chi connectivity index (χ3v) is 5.28. The predicted octanol–water partition coefficient (Wildman–Crippen LogP) is 5.03. The quantitative estimate of drug-likeness (QED) is 0.357. The van der Waals surface area contributed by atoms with E-state index in [0.717, 1.165) is 0 Å². The Morgan fingerprint density at radius 2 is 1.75 bits per heavy atom. The van der Waals surface area contributed by atoms with Gasteiger partial charge in [-0.25, -0.2) is 9.79 Å². The molecule has 1 heterocycles. The molecule has 0 atom stereocenters. The standard InChI is InChI=1S/C27H24N2O7/c1-4-35-23-7-5-6-17-14-20(25(30)29-21-15-19(33-2)12-13-22(21)34-3)26(36-24(17)23)28-18-10-8-16(9-11-18)27(31)32/h5-15H,4H2,1-3H3,(H,29,30)(H,31,32). The molecular weight excluding hydrogens is 464 g/mol. The van der Waals surface area contributed by atoms with Gasteiger partial charge in [0.05, 0.1) is 37.8 Å². The summed E-state index contributed by atoms with van der Waals surface area (Å²) >= 11 is 0. The van der Waals surface area contributed by atoms with Gasteiger partial charge >= 0.3 is 5.97 Å². The molecule has 0 radical (unpaired) electrons. The van der Waals surface area contributed by atoms with Crippen LogP contribution in [0.25, 0.3) is 11.0 Å². The molecule has 3 aromatic carbocycles. The summed E-state index contributed by atoms with van der Waals surface area (Å²) in [6.07, 6.45) is 0. The van der Waals surface area contributed by atoms with Crippen molar-refractivity contribution < 1.29 is 33.3 Å². The second-order valence-corrected chi connectivity index (χ2v) is 7.56. The van der Waals surface area contributed by atoms with Crippen LogP contribution in [0.1, 0.15) is 27.6 Å². The summed E-state index contributed by atoms with van der Waals surface area (Å²) < 4.78 is 22.4. The number of benzene rings is 3. The maximum Gasteiger partial charge on any atom is 0.335 e. The van der Waals surface area contributed by atoms with E-state index in [-0.39, 0.29) is 16.7 Å². The number of amides is 1. The van der Waals surface area contributed by atoms with E-state index in [1.807, 2.05) is 6.92 Å². The van der Waals surface area contributed by atoms with E-state index >= 15 is 0 Å². The SMILES string of the molecule is CCOc1cccc2cc(C(=O)Nc3cc(OC)ccc3OC)c(=Nc3ccc(C(=O)O)cc3)oc12. The maximum absolute atomic E-state index is 13.5. The molecule has 0 spiro atoms. The van der Waals surface area contributed by atoms with Crippen molar-refractivity contribution in [1.82, 2.24) is 0 Å². The van der Waals surface area contributed by atoms with Crippen LogP contribution in [-0.4, -0.2) is 37.8 Å². The molecule has 4 aromatic rings.